The van der Waals surface area contributed by atoms with Crippen molar-refractivity contribution in [2.24, 2.45) is 0 Å². The number of carbonyl (C=O) groups is 2. The number of amides is 2. The molecule has 2 heterocycles. The Kier molecular flexibility index (Phi) is 12.8. The van der Waals surface area contributed by atoms with Crippen molar-refractivity contribution in [3.63, 3.8) is 0 Å². The summed E-state index contributed by atoms with van der Waals surface area (Å²) in [5, 5.41) is 10.9. The van der Waals surface area contributed by atoms with Crippen molar-refractivity contribution in [1.82, 2.24) is 16.0 Å². The minimum absolute atomic E-state index is 0.0121. The Morgan fingerprint density at radius 3 is 2.58 bits per heavy atom. The van der Waals surface area contributed by atoms with Crippen LogP contribution in [0.3, 0.4) is 0 Å². The number of benzene rings is 2. The number of rotatable bonds is 12. The monoisotopic (exact) mass is 662 g/mol. The van der Waals surface area contributed by atoms with Gasteiger partial charge in [-0.15, -0.1) is 0 Å². The highest BCUT2D eigenvalue weighted by molar-refractivity contribution is 6.30. The van der Waals surface area contributed by atoms with Gasteiger partial charge in [-0.3, -0.25) is 4.79 Å². The molecule has 4 rings (SSSR count). The first-order valence-electron chi connectivity index (χ1n) is 14.6. The van der Waals surface area contributed by atoms with Crippen LogP contribution in [0, 0.1) is 11.6 Å². The molecule has 0 aliphatic carbocycles. The molecule has 0 bridgehead atoms. The van der Waals surface area contributed by atoms with Crippen LogP contribution in [0.1, 0.15) is 30.4 Å². The van der Waals surface area contributed by atoms with E-state index in [1.54, 1.807) is 17.4 Å². The Hall–Kier alpha value is -3.04. The molecule has 0 radical (unpaired) electrons. The lowest BCUT2D eigenvalue weighted by molar-refractivity contribution is -0.124. The molecule has 0 unspecified atom stereocenters. The standard InChI is InChI=1S/C30H36ClF5N4O5/c31-23-7-4-18(12-25(23)33)13-27(39-19-8-10-43-11-9-19)28(41)40-26-3-1-2-24(32)22(26)6-5-21-14-37-20(15-44-21)16-45-29(42)38-17-30(34,35)36/h1-4,7,12,19-21,27,37,39H,5-6,8-11,13-17H2,(H,38,42)(H,40,41)/t20-,21+,27-/m0/s1. The topological polar surface area (TPSA) is 110 Å². The van der Waals surface area contributed by atoms with Crippen molar-refractivity contribution in [3.8, 4) is 0 Å². The third-order valence-corrected chi connectivity index (χ3v) is 7.81. The zero-order valence-corrected chi connectivity index (χ0v) is 25.1. The van der Waals surface area contributed by atoms with Gasteiger partial charge in [0.1, 0.15) is 24.8 Å². The molecule has 0 aromatic heterocycles. The number of nitrogens with one attached hydrogen (secondary N) is 4. The molecule has 2 aromatic rings. The molecule has 4 N–H and O–H groups in total. The molecule has 9 nitrogen and oxygen atoms in total. The summed E-state index contributed by atoms with van der Waals surface area (Å²) in [6.45, 7) is -0.105. The summed E-state index contributed by atoms with van der Waals surface area (Å²) in [5.74, 6) is -1.49. The fraction of sp³-hybridized carbons (Fsp3) is 0.533. The number of ether oxygens (including phenoxy) is 3. The second-order valence-electron chi connectivity index (χ2n) is 11.0. The summed E-state index contributed by atoms with van der Waals surface area (Å²) < 4.78 is 81.8. The van der Waals surface area contributed by atoms with Crippen molar-refractivity contribution < 1.29 is 45.8 Å². The molecule has 2 aromatic carbocycles. The number of alkyl carbamates (subject to hydrolysis) is 1. The lowest BCUT2D eigenvalue weighted by Gasteiger charge is -2.30. The fourth-order valence-corrected chi connectivity index (χ4v) is 5.21. The first kappa shape index (κ1) is 34.8. The second kappa shape index (κ2) is 16.5. The van der Waals surface area contributed by atoms with E-state index in [1.165, 1.54) is 24.3 Å². The van der Waals surface area contributed by atoms with Crippen molar-refractivity contribution >= 4 is 29.3 Å². The molecular formula is C30H36ClF5N4O5. The Labute approximate surface area is 262 Å². The molecule has 0 spiro atoms. The van der Waals surface area contributed by atoms with Crippen LogP contribution in [0.25, 0.3) is 0 Å². The van der Waals surface area contributed by atoms with Crippen molar-refractivity contribution in [1.29, 1.82) is 0 Å². The Morgan fingerprint density at radius 1 is 1.11 bits per heavy atom. The summed E-state index contributed by atoms with van der Waals surface area (Å²) in [6.07, 6.45) is -3.84. The Bertz CT molecular complexity index is 1290. The predicted octanol–water partition coefficient (Wildman–Crippen LogP) is 4.51. The third-order valence-electron chi connectivity index (χ3n) is 7.51. The highest BCUT2D eigenvalue weighted by atomic mass is 35.5. The molecule has 2 amide bonds. The number of carbonyl (C=O) groups excluding carboxylic acids is 2. The lowest BCUT2D eigenvalue weighted by Crippen LogP contribution is -2.49. The number of alkyl halides is 3. The van der Waals surface area contributed by atoms with Crippen LogP contribution in [0.2, 0.25) is 5.02 Å². The van der Waals surface area contributed by atoms with Crippen LogP contribution in [0.4, 0.5) is 32.4 Å². The molecule has 45 heavy (non-hydrogen) atoms. The van der Waals surface area contributed by atoms with E-state index in [-0.39, 0.29) is 43.2 Å². The summed E-state index contributed by atoms with van der Waals surface area (Å²) in [4.78, 5) is 25.0. The first-order chi connectivity index (χ1) is 21.5. The number of hydrogen-bond donors (Lipinski definition) is 4. The summed E-state index contributed by atoms with van der Waals surface area (Å²) in [6, 6.07) is 7.64. The van der Waals surface area contributed by atoms with Crippen LogP contribution in [0.5, 0.6) is 0 Å². The van der Waals surface area contributed by atoms with Crippen LogP contribution in [-0.4, -0.2) is 81.9 Å². The first-order valence-corrected chi connectivity index (χ1v) is 15.0. The second-order valence-corrected chi connectivity index (χ2v) is 11.4. The number of morpholine rings is 1. The van der Waals surface area contributed by atoms with Gasteiger partial charge in [0, 0.05) is 37.1 Å². The summed E-state index contributed by atoms with van der Waals surface area (Å²) in [7, 11) is 0. The Balaban J connectivity index is 1.32. The van der Waals surface area contributed by atoms with Gasteiger partial charge in [-0.05, 0) is 61.9 Å². The van der Waals surface area contributed by atoms with E-state index in [4.69, 9.17) is 25.8 Å². The maximum atomic E-state index is 15.0. The van der Waals surface area contributed by atoms with Gasteiger partial charge in [0.2, 0.25) is 5.91 Å². The van der Waals surface area contributed by atoms with Gasteiger partial charge in [0.15, 0.2) is 0 Å². The van der Waals surface area contributed by atoms with Crippen LogP contribution in [-0.2, 0) is 31.8 Å². The highest BCUT2D eigenvalue weighted by Gasteiger charge is 2.29. The van der Waals surface area contributed by atoms with E-state index in [2.05, 4.69) is 16.0 Å². The van der Waals surface area contributed by atoms with E-state index in [0.29, 0.717) is 55.8 Å². The normalized spacial score (nSPS) is 20.0. The predicted molar refractivity (Wildman–Crippen MR) is 156 cm³/mol. The van der Waals surface area contributed by atoms with Gasteiger partial charge in [-0.25, -0.2) is 13.6 Å². The zero-order chi connectivity index (χ0) is 32.4. The van der Waals surface area contributed by atoms with E-state index in [0.717, 1.165) is 0 Å². The van der Waals surface area contributed by atoms with E-state index >= 15 is 4.39 Å². The lowest BCUT2D eigenvalue weighted by atomic mass is 10.0. The maximum Gasteiger partial charge on any atom is 0.407 e. The third kappa shape index (κ3) is 11.4. The molecule has 2 aliphatic rings. The van der Waals surface area contributed by atoms with Crippen molar-refractivity contribution in [2.45, 2.75) is 62.5 Å². The average Bonchev–Trinajstić information content (AvgIpc) is 3.01. The maximum absolute atomic E-state index is 15.0. The van der Waals surface area contributed by atoms with Gasteiger partial charge in [0.05, 0.1) is 29.8 Å². The van der Waals surface area contributed by atoms with E-state index < -0.39 is 48.4 Å². The van der Waals surface area contributed by atoms with Crippen LogP contribution >= 0.6 is 11.6 Å². The molecule has 2 aliphatic heterocycles. The smallest absolute Gasteiger partial charge is 0.407 e. The molecule has 248 valence electrons. The van der Waals surface area contributed by atoms with Gasteiger partial charge < -0.3 is 35.5 Å². The number of anilines is 1. The minimum atomic E-state index is -4.54. The number of hydrogen-bond acceptors (Lipinski definition) is 7. The molecule has 0 saturated carbocycles. The molecule has 15 heteroatoms. The average molecular weight is 663 g/mol. The van der Waals surface area contributed by atoms with Crippen LogP contribution < -0.4 is 21.3 Å². The van der Waals surface area contributed by atoms with Gasteiger partial charge in [0.25, 0.3) is 0 Å². The summed E-state index contributed by atoms with van der Waals surface area (Å²) in [5.41, 5.74) is 1.17. The minimum Gasteiger partial charge on any atom is -0.448 e. The van der Waals surface area contributed by atoms with E-state index in [9.17, 15) is 27.2 Å². The SMILES string of the molecule is O=C(NCC(F)(F)F)OC[C@@H]1CO[C@H](CCc2c(F)cccc2NC(=O)[C@H](Cc2ccc(Cl)c(F)c2)NC2CCOCC2)CN1. The van der Waals surface area contributed by atoms with E-state index in [1.807, 2.05) is 0 Å². The number of halogens is 6. The van der Waals surface area contributed by atoms with Gasteiger partial charge in [-0.2, -0.15) is 13.2 Å². The molecule has 2 saturated heterocycles. The van der Waals surface area contributed by atoms with Gasteiger partial charge in [-0.1, -0.05) is 23.7 Å². The summed E-state index contributed by atoms with van der Waals surface area (Å²) >= 11 is 5.83. The zero-order valence-electron chi connectivity index (χ0n) is 24.4. The largest absolute Gasteiger partial charge is 0.448 e. The van der Waals surface area contributed by atoms with Crippen molar-refractivity contribution in [2.75, 3.05) is 44.8 Å². The molecular weight excluding hydrogens is 627 g/mol. The quantitative estimate of drug-likeness (QED) is 0.248. The van der Waals surface area contributed by atoms with Crippen LogP contribution in [0.15, 0.2) is 36.4 Å². The molecule has 3 atom stereocenters. The van der Waals surface area contributed by atoms with Gasteiger partial charge >= 0.3 is 12.3 Å². The Morgan fingerprint density at radius 2 is 1.89 bits per heavy atom. The van der Waals surface area contributed by atoms with Crippen molar-refractivity contribution in [3.05, 3.63) is 64.2 Å². The fourth-order valence-electron chi connectivity index (χ4n) is 5.09. The highest BCUT2D eigenvalue weighted by Crippen LogP contribution is 2.24. The molecule has 2 fully saturated rings.